The van der Waals surface area contributed by atoms with Gasteiger partial charge in [0.1, 0.15) is 0 Å². The molecule has 2 atom stereocenters. The molecular weight excluding hydrogens is 269 g/mol. The molecule has 1 saturated carbocycles. The molecule has 5 heteroatoms. The van der Waals surface area contributed by atoms with Crippen LogP contribution in [0.25, 0.3) is 0 Å². The summed E-state index contributed by atoms with van der Waals surface area (Å²) in [6.45, 7) is 3.36. The molecule has 0 aromatic carbocycles. The highest BCUT2D eigenvalue weighted by atomic mass is 19.1. The van der Waals surface area contributed by atoms with Crippen LogP contribution in [0.3, 0.4) is 0 Å². The van der Waals surface area contributed by atoms with Crippen LogP contribution in [-0.2, 0) is 11.3 Å². The summed E-state index contributed by atoms with van der Waals surface area (Å²) in [6.07, 6.45) is 5.61. The van der Waals surface area contributed by atoms with Crippen LogP contribution in [-0.4, -0.2) is 52.0 Å². The highest BCUT2D eigenvalue weighted by Crippen LogP contribution is 2.43. The van der Waals surface area contributed by atoms with E-state index in [2.05, 4.69) is 16.0 Å². The minimum atomic E-state index is -1.52. The first-order valence-corrected chi connectivity index (χ1v) is 7.77. The van der Waals surface area contributed by atoms with E-state index in [0.29, 0.717) is 31.3 Å². The molecule has 1 aromatic rings. The van der Waals surface area contributed by atoms with E-state index in [0.717, 1.165) is 26.1 Å². The molecule has 2 aliphatic heterocycles. The summed E-state index contributed by atoms with van der Waals surface area (Å²) >= 11 is 0. The number of halogens is 1. The molecule has 0 spiro atoms. The number of likely N-dealkylation sites (tertiary alicyclic amines) is 2. The van der Waals surface area contributed by atoms with Crippen molar-refractivity contribution in [2.75, 3.05) is 19.6 Å². The van der Waals surface area contributed by atoms with Crippen LogP contribution in [0.1, 0.15) is 24.8 Å². The Balaban J connectivity index is 1.43. The van der Waals surface area contributed by atoms with Gasteiger partial charge in [-0.25, -0.2) is 4.39 Å². The van der Waals surface area contributed by atoms with Gasteiger partial charge in [-0.15, -0.1) is 0 Å². The second-order valence-corrected chi connectivity index (χ2v) is 6.62. The van der Waals surface area contributed by atoms with Gasteiger partial charge >= 0.3 is 0 Å². The first-order chi connectivity index (χ1) is 10.2. The zero-order valence-electron chi connectivity index (χ0n) is 12.0. The van der Waals surface area contributed by atoms with Gasteiger partial charge in [0.05, 0.1) is 0 Å². The van der Waals surface area contributed by atoms with Gasteiger partial charge in [-0.1, -0.05) is 6.07 Å². The maximum absolute atomic E-state index is 14.0. The van der Waals surface area contributed by atoms with E-state index in [4.69, 9.17) is 0 Å². The predicted octanol–water partition coefficient (Wildman–Crippen LogP) is 1.62. The molecular formula is C16H20FN3O. The molecule has 0 N–H and O–H groups in total. The third-order valence-electron chi connectivity index (χ3n) is 5.13. The minimum absolute atomic E-state index is 0.266. The number of hydrogen-bond acceptors (Lipinski definition) is 3. The minimum Gasteiger partial charge on any atom is -0.338 e. The smallest absolute Gasteiger partial charge is 0.260 e. The van der Waals surface area contributed by atoms with E-state index >= 15 is 0 Å². The van der Waals surface area contributed by atoms with Crippen molar-refractivity contribution in [3.63, 3.8) is 0 Å². The van der Waals surface area contributed by atoms with Gasteiger partial charge < -0.3 is 4.90 Å². The van der Waals surface area contributed by atoms with Crippen LogP contribution >= 0.6 is 0 Å². The normalized spacial score (nSPS) is 30.4. The molecule has 3 fully saturated rings. The Morgan fingerprint density at radius 2 is 2.29 bits per heavy atom. The average Bonchev–Trinajstić information content (AvgIpc) is 2.96. The number of pyridine rings is 1. The summed E-state index contributed by atoms with van der Waals surface area (Å²) in [5.74, 6) is 0.242. The van der Waals surface area contributed by atoms with E-state index < -0.39 is 5.67 Å². The maximum atomic E-state index is 14.0. The fourth-order valence-corrected chi connectivity index (χ4v) is 3.74. The molecule has 4 nitrogen and oxygen atoms in total. The van der Waals surface area contributed by atoms with Crippen molar-refractivity contribution in [2.45, 2.75) is 37.5 Å². The lowest BCUT2D eigenvalue weighted by molar-refractivity contribution is -0.137. The zero-order valence-corrected chi connectivity index (χ0v) is 12.0. The number of nitrogens with zero attached hydrogens (tertiary/aromatic N) is 3. The number of carbonyl (C=O) groups is 1. The molecule has 3 aliphatic rings. The Morgan fingerprint density at radius 3 is 3.00 bits per heavy atom. The number of fused-ring (bicyclic) bond motifs is 1. The number of carbonyl (C=O) groups excluding carboxylic acids is 1. The molecule has 112 valence electrons. The SMILES string of the molecule is O=C(N1C[C@@H]2CCN(Cc3cccnc3)[C@@H]2C1)C1(F)CC1. The van der Waals surface area contributed by atoms with Crippen LogP contribution in [0.2, 0.25) is 0 Å². The van der Waals surface area contributed by atoms with Crippen molar-refractivity contribution in [1.29, 1.82) is 0 Å². The van der Waals surface area contributed by atoms with Gasteiger partial charge in [0.25, 0.3) is 5.91 Å². The van der Waals surface area contributed by atoms with Gasteiger partial charge in [-0.2, -0.15) is 0 Å². The Kier molecular flexibility index (Phi) is 2.99. The monoisotopic (exact) mass is 289 g/mol. The van der Waals surface area contributed by atoms with Crippen molar-refractivity contribution < 1.29 is 9.18 Å². The fourth-order valence-electron chi connectivity index (χ4n) is 3.74. The Labute approximate surface area is 123 Å². The number of hydrogen-bond donors (Lipinski definition) is 0. The first kappa shape index (κ1) is 13.2. The molecule has 1 amide bonds. The average molecular weight is 289 g/mol. The van der Waals surface area contributed by atoms with Gasteiger partial charge in [-0.05, 0) is 43.4 Å². The number of aromatic nitrogens is 1. The van der Waals surface area contributed by atoms with E-state index in [1.54, 1.807) is 11.1 Å². The third kappa shape index (κ3) is 2.33. The summed E-state index contributed by atoms with van der Waals surface area (Å²) in [4.78, 5) is 20.5. The van der Waals surface area contributed by atoms with Gasteiger partial charge in [0, 0.05) is 38.1 Å². The molecule has 2 saturated heterocycles. The summed E-state index contributed by atoms with van der Waals surface area (Å²) in [5.41, 5.74) is -0.320. The molecule has 1 aromatic heterocycles. The van der Waals surface area contributed by atoms with Crippen LogP contribution in [0.4, 0.5) is 4.39 Å². The predicted molar refractivity (Wildman–Crippen MR) is 76.2 cm³/mol. The van der Waals surface area contributed by atoms with Crippen LogP contribution in [0, 0.1) is 5.92 Å². The highest BCUT2D eigenvalue weighted by molar-refractivity contribution is 5.88. The first-order valence-electron chi connectivity index (χ1n) is 7.77. The maximum Gasteiger partial charge on any atom is 0.260 e. The lowest BCUT2D eigenvalue weighted by atomic mass is 10.1. The van der Waals surface area contributed by atoms with Crippen LogP contribution in [0.15, 0.2) is 24.5 Å². The Hall–Kier alpha value is -1.49. The summed E-state index contributed by atoms with van der Waals surface area (Å²) in [6, 6.07) is 4.42. The fraction of sp³-hybridized carbons (Fsp3) is 0.625. The van der Waals surface area contributed by atoms with E-state index in [1.165, 1.54) is 5.56 Å². The topological polar surface area (TPSA) is 36.4 Å². The van der Waals surface area contributed by atoms with Crippen molar-refractivity contribution in [1.82, 2.24) is 14.8 Å². The van der Waals surface area contributed by atoms with Gasteiger partial charge in [-0.3, -0.25) is 14.7 Å². The molecule has 1 aliphatic carbocycles. The number of amides is 1. The Bertz CT molecular complexity index is 546. The molecule has 0 bridgehead atoms. The zero-order chi connectivity index (χ0) is 14.4. The lowest BCUT2D eigenvalue weighted by Gasteiger charge is -2.25. The third-order valence-corrected chi connectivity index (χ3v) is 5.13. The molecule has 3 heterocycles. The van der Waals surface area contributed by atoms with E-state index in [1.807, 2.05) is 12.3 Å². The lowest BCUT2D eigenvalue weighted by Crippen LogP contribution is -2.40. The quantitative estimate of drug-likeness (QED) is 0.848. The van der Waals surface area contributed by atoms with Crippen LogP contribution < -0.4 is 0 Å². The van der Waals surface area contributed by atoms with Crippen molar-refractivity contribution in [3.8, 4) is 0 Å². The van der Waals surface area contributed by atoms with Crippen molar-refractivity contribution in [2.24, 2.45) is 5.92 Å². The molecule has 0 radical (unpaired) electrons. The van der Waals surface area contributed by atoms with Crippen molar-refractivity contribution in [3.05, 3.63) is 30.1 Å². The second kappa shape index (κ2) is 4.77. The summed E-state index contributed by atoms with van der Waals surface area (Å²) in [7, 11) is 0. The standard InChI is InChI=1S/C16H20FN3O/c17-16(4-5-16)15(21)20-10-13-3-7-19(14(13)11-20)9-12-2-1-6-18-8-12/h1-2,6,8,13-14H,3-5,7,9-11H2/t13-,14+/m0/s1. The molecule has 21 heavy (non-hydrogen) atoms. The molecule has 0 unspecified atom stereocenters. The summed E-state index contributed by atoms with van der Waals surface area (Å²) < 4.78 is 14.0. The summed E-state index contributed by atoms with van der Waals surface area (Å²) in [5, 5.41) is 0. The van der Waals surface area contributed by atoms with Crippen molar-refractivity contribution >= 4 is 5.91 Å². The largest absolute Gasteiger partial charge is 0.338 e. The second-order valence-electron chi connectivity index (χ2n) is 6.62. The van der Waals surface area contributed by atoms with E-state index in [9.17, 15) is 9.18 Å². The van der Waals surface area contributed by atoms with Gasteiger partial charge in [0.2, 0.25) is 0 Å². The number of rotatable bonds is 3. The van der Waals surface area contributed by atoms with E-state index in [-0.39, 0.29) is 5.91 Å². The highest BCUT2D eigenvalue weighted by Gasteiger charge is 2.55. The Morgan fingerprint density at radius 1 is 1.43 bits per heavy atom. The number of alkyl halides is 1. The molecule has 4 rings (SSSR count). The van der Waals surface area contributed by atoms with Gasteiger partial charge in [0.15, 0.2) is 5.67 Å². The van der Waals surface area contributed by atoms with Crippen LogP contribution in [0.5, 0.6) is 0 Å².